The number of ether oxygens (including phenoxy) is 1. The topological polar surface area (TPSA) is 60.4 Å². The van der Waals surface area contributed by atoms with E-state index in [1.165, 1.54) is 5.56 Å². The van der Waals surface area contributed by atoms with E-state index in [-0.39, 0.29) is 36.5 Å². The fourth-order valence-corrected chi connectivity index (χ4v) is 4.13. The summed E-state index contributed by atoms with van der Waals surface area (Å²) in [6.07, 6.45) is 0.840. The maximum absolute atomic E-state index is 12.3. The number of para-hydroxylation sites is 2. The van der Waals surface area contributed by atoms with Gasteiger partial charge >= 0.3 is 0 Å². The molecular weight excluding hydrogens is 517 g/mol. The number of hydrogen-bond donors (Lipinski definition) is 1. The molecule has 0 aliphatic carbocycles. The molecule has 1 N–H and O–H groups in total. The van der Waals surface area contributed by atoms with Gasteiger partial charge in [-0.05, 0) is 24.1 Å². The summed E-state index contributed by atoms with van der Waals surface area (Å²) in [5.74, 6) is 1.73. The zero-order valence-corrected chi connectivity index (χ0v) is 20.9. The van der Waals surface area contributed by atoms with Gasteiger partial charge in [-0.25, -0.2) is 0 Å². The lowest BCUT2D eigenvalue weighted by Gasteiger charge is -2.36. The van der Waals surface area contributed by atoms with Gasteiger partial charge in [-0.15, -0.1) is 24.0 Å². The van der Waals surface area contributed by atoms with Gasteiger partial charge in [0.05, 0.1) is 5.69 Å². The maximum Gasteiger partial charge on any atom is 0.265 e. The third kappa shape index (κ3) is 6.13. The molecule has 0 aromatic heterocycles. The minimum absolute atomic E-state index is 0. The van der Waals surface area contributed by atoms with Crippen LogP contribution in [-0.4, -0.2) is 74.6 Å². The van der Waals surface area contributed by atoms with Gasteiger partial charge in [0, 0.05) is 52.9 Å². The van der Waals surface area contributed by atoms with Crippen molar-refractivity contribution in [2.24, 2.45) is 4.99 Å². The van der Waals surface area contributed by atoms with E-state index in [1.54, 1.807) is 0 Å². The van der Waals surface area contributed by atoms with E-state index in [4.69, 9.17) is 4.74 Å². The van der Waals surface area contributed by atoms with E-state index in [9.17, 15) is 4.79 Å². The molecule has 0 saturated carbocycles. The molecule has 2 aliphatic rings. The van der Waals surface area contributed by atoms with E-state index in [1.807, 2.05) is 36.2 Å². The monoisotopic (exact) mass is 549 g/mol. The Labute approximate surface area is 207 Å². The third-order valence-corrected chi connectivity index (χ3v) is 5.78. The largest absolute Gasteiger partial charge is 0.482 e. The summed E-state index contributed by atoms with van der Waals surface area (Å²) in [6, 6.07) is 18.3. The Balaban J connectivity index is 0.00000289. The van der Waals surface area contributed by atoms with Crippen LogP contribution in [0.2, 0.25) is 0 Å². The number of rotatable bonds is 6. The number of carbonyl (C=O) groups is 1. The first-order valence-electron chi connectivity index (χ1n) is 11.0. The van der Waals surface area contributed by atoms with Gasteiger partial charge < -0.3 is 19.9 Å². The number of anilines is 1. The molecule has 2 aromatic carbocycles. The average molecular weight is 549 g/mol. The molecule has 0 radical (unpaired) electrons. The number of halogens is 1. The van der Waals surface area contributed by atoms with Gasteiger partial charge in [0.1, 0.15) is 5.75 Å². The quantitative estimate of drug-likeness (QED) is 0.260. The lowest BCUT2D eigenvalue weighted by Crippen LogP contribution is -2.52. The number of guanidine groups is 1. The van der Waals surface area contributed by atoms with E-state index in [2.05, 4.69) is 50.4 Å². The van der Waals surface area contributed by atoms with Gasteiger partial charge in [-0.1, -0.05) is 42.5 Å². The predicted octanol–water partition coefficient (Wildman–Crippen LogP) is 2.81. The fraction of sp³-hybridized carbons (Fsp3) is 0.417. The Kier molecular flexibility index (Phi) is 9.16. The van der Waals surface area contributed by atoms with Crippen LogP contribution in [0.1, 0.15) is 12.0 Å². The van der Waals surface area contributed by atoms with Crippen molar-refractivity contribution in [1.29, 1.82) is 0 Å². The minimum Gasteiger partial charge on any atom is -0.482 e. The van der Waals surface area contributed by atoms with Gasteiger partial charge in [0.2, 0.25) is 0 Å². The second-order valence-electron chi connectivity index (χ2n) is 7.88. The van der Waals surface area contributed by atoms with E-state index in [0.29, 0.717) is 6.54 Å². The van der Waals surface area contributed by atoms with Crippen molar-refractivity contribution in [1.82, 2.24) is 15.1 Å². The van der Waals surface area contributed by atoms with E-state index in [0.717, 1.165) is 63.1 Å². The van der Waals surface area contributed by atoms with Crippen molar-refractivity contribution in [2.45, 2.75) is 13.0 Å². The summed E-state index contributed by atoms with van der Waals surface area (Å²) in [5.41, 5.74) is 2.22. The highest BCUT2D eigenvalue weighted by molar-refractivity contribution is 14.0. The highest BCUT2D eigenvalue weighted by Gasteiger charge is 2.25. The fourth-order valence-electron chi connectivity index (χ4n) is 4.13. The second-order valence-corrected chi connectivity index (χ2v) is 7.88. The number of nitrogens with zero attached hydrogens (tertiary/aromatic N) is 4. The molecule has 172 valence electrons. The van der Waals surface area contributed by atoms with Crippen LogP contribution >= 0.6 is 24.0 Å². The molecule has 0 atom stereocenters. The van der Waals surface area contributed by atoms with Crippen molar-refractivity contribution >= 4 is 41.5 Å². The van der Waals surface area contributed by atoms with E-state index < -0.39 is 0 Å². The van der Waals surface area contributed by atoms with Crippen LogP contribution in [0, 0.1) is 0 Å². The van der Waals surface area contributed by atoms with Gasteiger partial charge in [0.25, 0.3) is 5.91 Å². The highest BCUT2D eigenvalue weighted by atomic mass is 127. The molecule has 0 bridgehead atoms. The molecule has 0 unspecified atom stereocenters. The number of nitrogens with one attached hydrogen (secondary N) is 1. The Hall–Kier alpha value is -2.33. The Morgan fingerprint density at radius 1 is 1.03 bits per heavy atom. The van der Waals surface area contributed by atoms with Gasteiger partial charge in [0.15, 0.2) is 12.6 Å². The Morgan fingerprint density at radius 2 is 1.75 bits per heavy atom. The molecule has 7 nitrogen and oxygen atoms in total. The summed E-state index contributed by atoms with van der Waals surface area (Å²) >= 11 is 0. The Bertz CT molecular complexity index is 900. The predicted molar refractivity (Wildman–Crippen MR) is 139 cm³/mol. The normalized spacial score (nSPS) is 16.8. The number of piperazine rings is 1. The number of fused-ring (bicyclic) bond motifs is 1. The molecule has 0 spiro atoms. The highest BCUT2D eigenvalue weighted by Crippen LogP contribution is 2.31. The van der Waals surface area contributed by atoms with Crippen LogP contribution in [0.5, 0.6) is 5.75 Å². The molecule has 2 aliphatic heterocycles. The number of benzene rings is 2. The zero-order valence-electron chi connectivity index (χ0n) is 18.6. The molecule has 2 aromatic rings. The smallest absolute Gasteiger partial charge is 0.265 e. The number of carbonyl (C=O) groups excluding carboxylic acids is 1. The number of aliphatic imine (C=N–C) groups is 1. The summed E-state index contributed by atoms with van der Waals surface area (Å²) < 4.78 is 5.52. The second kappa shape index (κ2) is 12.1. The summed E-state index contributed by atoms with van der Waals surface area (Å²) in [4.78, 5) is 23.4. The van der Waals surface area contributed by atoms with Crippen molar-refractivity contribution in [3.05, 3.63) is 60.2 Å². The molecular formula is C24H32IN5O2. The third-order valence-electron chi connectivity index (χ3n) is 5.78. The minimum atomic E-state index is 0. The van der Waals surface area contributed by atoms with Crippen molar-refractivity contribution in [3.8, 4) is 5.75 Å². The summed E-state index contributed by atoms with van der Waals surface area (Å²) in [5, 5.41) is 3.47. The first-order chi connectivity index (χ1) is 15.2. The first kappa shape index (κ1) is 24.3. The Morgan fingerprint density at radius 3 is 2.50 bits per heavy atom. The van der Waals surface area contributed by atoms with Gasteiger partial charge in [-0.2, -0.15) is 0 Å². The van der Waals surface area contributed by atoms with Crippen LogP contribution in [0.4, 0.5) is 5.69 Å². The van der Waals surface area contributed by atoms with Crippen LogP contribution in [-0.2, 0) is 11.3 Å². The molecule has 1 saturated heterocycles. The van der Waals surface area contributed by atoms with Crippen LogP contribution in [0.15, 0.2) is 59.6 Å². The zero-order chi connectivity index (χ0) is 21.5. The first-order valence-corrected chi connectivity index (χ1v) is 11.0. The van der Waals surface area contributed by atoms with Crippen molar-refractivity contribution in [2.75, 3.05) is 57.8 Å². The average Bonchev–Trinajstić information content (AvgIpc) is 2.82. The molecule has 1 amide bonds. The SMILES string of the molecule is CN=C(NCCCN1C(=O)COc2ccccc21)N1CCN(Cc2ccccc2)CC1.I. The van der Waals surface area contributed by atoms with Crippen molar-refractivity contribution in [3.63, 3.8) is 0 Å². The summed E-state index contributed by atoms with van der Waals surface area (Å²) in [7, 11) is 1.83. The molecule has 2 heterocycles. The lowest BCUT2D eigenvalue weighted by molar-refractivity contribution is -0.121. The van der Waals surface area contributed by atoms with Gasteiger partial charge in [-0.3, -0.25) is 14.7 Å². The summed E-state index contributed by atoms with van der Waals surface area (Å²) in [6.45, 7) is 6.50. The number of amides is 1. The molecule has 32 heavy (non-hydrogen) atoms. The van der Waals surface area contributed by atoms with Crippen LogP contribution in [0.25, 0.3) is 0 Å². The lowest BCUT2D eigenvalue weighted by atomic mass is 10.2. The molecule has 1 fully saturated rings. The maximum atomic E-state index is 12.3. The van der Waals surface area contributed by atoms with Crippen LogP contribution < -0.4 is 15.0 Å². The van der Waals surface area contributed by atoms with E-state index >= 15 is 0 Å². The standard InChI is InChI=1S/C24H31N5O2.HI/c1-25-24(28-16-14-27(15-17-28)18-20-8-3-2-4-9-20)26-12-7-13-29-21-10-5-6-11-22(21)31-19-23(29)30;/h2-6,8-11H,7,12-19H2,1H3,(H,25,26);1H. The molecule has 8 heteroatoms. The molecule has 4 rings (SSSR count). The van der Waals surface area contributed by atoms with Crippen LogP contribution in [0.3, 0.4) is 0 Å². The number of hydrogen-bond acceptors (Lipinski definition) is 4. The van der Waals surface area contributed by atoms with Crippen molar-refractivity contribution < 1.29 is 9.53 Å².